The molecule has 3 aromatic rings. The largest absolute Gasteiger partial charge is 0.383 e. The van der Waals surface area contributed by atoms with E-state index in [4.69, 9.17) is 5.73 Å². The quantitative estimate of drug-likeness (QED) is 0.768. The van der Waals surface area contributed by atoms with Gasteiger partial charge in [0, 0.05) is 11.8 Å². The van der Waals surface area contributed by atoms with Crippen LogP contribution >= 0.6 is 0 Å². The monoisotopic (exact) mass is 261 g/mol. The number of nitrogen functional groups attached to an aromatic ring is 1. The van der Waals surface area contributed by atoms with Gasteiger partial charge in [0.2, 0.25) is 0 Å². The van der Waals surface area contributed by atoms with E-state index in [0.29, 0.717) is 11.4 Å². The minimum atomic E-state index is 0.434. The van der Waals surface area contributed by atoms with Gasteiger partial charge in [0.25, 0.3) is 0 Å². The van der Waals surface area contributed by atoms with Crippen LogP contribution in [0.25, 0.3) is 16.9 Å². The van der Waals surface area contributed by atoms with Crippen molar-refractivity contribution in [3.63, 3.8) is 0 Å². The summed E-state index contributed by atoms with van der Waals surface area (Å²) in [5.41, 5.74) is 8.85. The van der Waals surface area contributed by atoms with Crippen molar-refractivity contribution in [2.75, 3.05) is 5.73 Å². The number of benzene rings is 1. The summed E-state index contributed by atoms with van der Waals surface area (Å²) in [5.74, 6) is 0.434. The molecule has 5 nitrogen and oxygen atoms in total. The van der Waals surface area contributed by atoms with E-state index in [-0.39, 0.29) is 0 Å². The molecule has 0 fully saturated rings. The van der Waals surface area contributed by atoms with Gasteiger partial charge in [0.1, 0.15) is 11.9 Å². The second-order valence-corrected chi connectivity index (χ2v) is 4.21. The maximum Gasteiger partial charge on any atom is 0.132 e. The van der Waals surface area contributed by atoms with E-state index in [2.05, 4.69) is 16.0 Å². The van der Waals surface area contributed by atoms with Crippen LogP contribution in [-0.2, 0) is 0 Å². The number of aromatic nitrogens is 3. The van der Waals surface area contributed by atoms with Crippen molar-refractivity contribution in [1.82, 2.24) is 14.5 Å². The number of hydrogen-bond donors (Lipinski definition) is 1. The minimum absolute atomic E-state index is 0.434. The fourth-order valence-corrected chi connectivity index (χ4v) is 2.10. The molecule has 5 heteroatoms. The predicted octanol–water partition coefficient (Wildman–Crippen LogP) is 2.39. The zero-order chi connectivity index (χ0) is 13.9. The summed E-state index contributed by atoms with van der Waals surface area (Å²) in [6, 6.07) is 13.2. The zero-order valence-electron chi connectivity index (χ0n) is 10.6. The van der Waals surface area contributed by atoms with E-state index in [1.165, 1.54) is 0 Å². The van der Waals surface area contributed by atoms with Crippen LogP contribution in [0.5, 0.6) is 0 Å². The number of pyridine rings is 1. The average molecular weight is 261 g/mol. The van der Waals surface area contributed by atoms with E-state index >= 15 is 0 Å². The molecule has 0 aliphatic heterocycles. The third kappa shape index (κ3) is 1.89. The molecule has 0 saturated carbocycles. The topological polar surface area (TPSA) is 80.5 Å². The molecule has 0 saturated heterocycles. The molecule has 1 aromatic carbocycles. The fourth-order valence-electron chi connectivity index (χ4n) is 2.10. The standard InChI is InChI=1S/C15H11N5/c16-8-11-4-1-2-6-13(11)20-10-18-9-14(20)12-5-3-7-19-15(12)17/h1-7,9-10H,(H2,17,19). The number of nitriles is 1. The smallest absolute Gasteiger partial charge is 0.132 e. The van der Waals surface area contributed by atoms with Gasteiger partial charge in [-0.1, -0.05) is 12.1 Å². The second-order valence-electron chi connectivity index (χ2n) is 4.21. The lowest BCUT2D eigenvalue weighted by Crippen LogP contribution is -2.01. The maximum atomic E-state index is 9.21. The molecule has 0 spiro atoms. The highest BCUT2D eigenvalue weighted by molar-refractivity contribution is 5.72. The Morgan fingerprint density at radius 1 is 1.15 bits per heavy atom. The lowest BCUT2D eigenvalue weighted by molar-refractivity contribution is 1.05. The van der Waals surface area contributed by atoms with Crippen LogP contribution in [0, 0.1) is 11.3 Å². The summed E-state index contributed by atoms with van der Waals surface area (Å²) in [6.07, 6.45) is 5.02. The Labute approximate surface area is 116 Å². The van der Waals surface area contributed by atoms with E-state index in [9.17, 15) is 5.26 Å². The van der Waals surface area contributed by atoms with Crippen LogP contribution in [0.4, 0.5) is 5.82 Å². The summed E-state index contributed by atoms with van der Waals surface area (Å²) >= 11 is 0. The first-order valence-electron chi connectivity index (χ1n) is 6.04. The molecule has 0 unspecified atom stereocenters. The number of imidazole rings is 1. The van der Waals surface area contributed by atoms with Crippen molar-refractivity contribution in [2.24, 2.45) is 0 Å². The molecular weight excluding hydrogens is 250 g/mol. The summed E-state index contributed by atoms with van der Waals surface area (Å²) in [6.45, 7) is 0. The van der Waals surface area contributed by atoms with E-state index < -0.39 is 0 Å². The van der Waals surface area contributed by atoms with E-state index in [1.807, 2.05) is 34.9 Å². The van der Waals surface area contributed by atoms with Gasteiger partial charge in [-0.05, 0) is 24.3 Å². The number of hydrogen-bond acceptors (Lipinski definition) is 4. The minimum Gasteiger partial charge on any atom is -0.383 e. The van der Waals surface area contributed by atoms with Crippen molar-refractivity contribution < 1.29 is 0 Å². The summed E-state index contributed by atoms with van der Waals surface area (Å²) in [7, 11) is 0. The Balaban J connectivity index is 2.22. The van der Waals surface area contributed by atoms with Crippen LogP contribution in [-0.4, -0.2) is 14.5 Å². The predicted molar refractivity (Wildman–Crippen MR) is 75.9 cm³/mol. The Hall–Kier alpha value is -3.13. The summed E-state index contributed by atoms with van der Waals surface area (Å²) < 4.78 is 1.84. The maximum absolute atomic E-state index is 9.21. The molecule has 0 amide bonds. The van der Waals surface area contributed by atoms with E-state index in [1.54, 1.807) is 24.8 Å². The van der Waals surface area contributed by atoms with Crippen molar-refractivity contribution in [1.29, 1.82) is 5.26 Å². The van der Waals surface area contributed by atoms with Gasteiger partial charge >= 0.3 is 0 Å². The molecule has 3 rings (SSSR count). The van der Waals surface area contributed by atoms with Crippen LogP contribution in [0.15, 0.2) is 55.1 Å². The molecular formula is C15H11N5. The molecule has 2 N–H and O–H groups in total. The molecule has 0 atom stereocenters. The highest BCUT2D eigenvalue weighted by atomic mass is 15.1. The number of nitrogens with zero attached hydrogens (tertiary/aromatic N) is 4. The van der Waals surface area contributed by atoms with Gasteiger partial charge in [-0.2, -0.15) is 5.26 Å². The van der Waals surface area contributed by atoms with Gasteiger partial charge in [0.05, 0.1) is 29.5 Å². The molecule has 20 heavy (non-hydrogen) atoms. The Kier molecular flexibility index (Phi) is 2.90. The number of anilines is 1. The number of para-hydroxylation sites is 1. The average Bonchev–Trinajstić information content (AvgIpc) is 2.96. The van der Waals surface area contributed by atoms with Gasteiger partial charge < -0.3 is 5.73 Å². The van der Waals surface area contributed by atoms with E-state index in [0.717, 1.165) is 16.9 Å². The normalized spacial score (nSPS) is 10.2. The number of nitrogens with two attached hydrogens (primary N) is 1. The highest BCUT2D eigenvalue weighted by Crippen LogP contribution is 2.27. The second kappa shape index (κ2) is 4.86. The molecule has 0 aliphatic carbocycles. The van der Waals surface area contributed by atoms with Crippen molar-refractivity contribution >= 4 is 5.82 Å². The van der Waals surface area contributed by atoms with Crippen LogP contribution in [0.2, 0.25) is 0 Å². The van der Waals surface area contributed by atoms with Crippen LogP contribution < -0.4 is 5.73 Å². The van der Waals surface area contributed by atoms with Crippen LogP contribution in [0.1, 0.15) is 5.56 Å². The first-order chi connectivity index (χ1) is 9.81. The highest BCUT2D eigenvalue weighted by Gasteiger charge is 2.12. The molecule has 0 bridgehead atoms. The zero-order valence-corrected chi connectivity index (χ0v) is 10.6. The van der Waals surface area contributed by atoms with Crippen LogP contribution in [0.3, 0.4) is 0 Å². The van der Waals surface area contributed by atoms with Gasteiger partial charge in [-0.15, -0.1) is 0 Å². The lowest BCUT2D eigenvalue weighted by Gasteiger charge is -2.10. The molecule has 96 valence electrons. The molecule has 2 heterocycles. The Morgan fingerprint density at radius 2 is 2.00 bits per heavy atom. The Morgan fingerprint density at radius 3 is 2.80 bits per heavy atom. The first-order valence-corrected chi connectivity index (χ1v) is 6.04. The van der Waals surface area contributed by atoms with Crippen molar-refractivity contribution in [2.45, 2.75) is 0 Å². The molecule has 0 aliphatic rings. The van der Waals surface area contributed by atoms with Gasteiger partial charge in [-0.25, -0.2) is 9.97 Å². The number of rotatable bonds is 2. The molecule has 0 radical (unpaired) electrons. The Bertz CT molecular complexity index is 798. The van der Waals surface area contributed by atoms with Crippen molar-refractivity contribution in [3.8, 4) is 23.0 Å². The van der Waals surface area contributed by atoms with Crippen molar-refractivity contribution in [3.05, 3.63) is 60.7 Å². The van der Waals surface area contributed by atoms with Gasteiger partial charge in [-0.3, -0.25) is 4.57 Å². The lowest BCUT2D eigenvalue weighted by atomic mass is 10.1. The summed E-state index contributed by atoms with van der Waals surface area (Å²) in [4.78, 5) is 8.25. The fraction of sp³-hybridized carbons (Fsp3) is 0. The van der Waals surface area contributed by atoms with Gasteiger partial charge in [0.15, 0.2) is 0 Å². The third-order valence-electron chi connectivity index (χ3n) is 3.04. The first kappa shape index (κ1) is 11.9. The SMILES string of the molecule is N#Cc1ccccc1-n1cncc1-c1cccnc1N. The summed E-state index contributed by atoms with van der Waals surface area (Å²) in [5, 5.41) is 9.21. The third-order valence-corrected chi connectivity index (χ3v) is 3.04. The molecule has 2 aromatic heterocycles.